The van der Waals surface area contributed by atoms with Crippen molar-refractivity contribution in [2.45, 2.75) is 18.8 Å². The Balaban J connectivity index is 2.23. The first-order valence-corrected chi connectivity index (χ1v) is 4.83. The van der Waals surface area contributed by atoms with Gasteiger partial charge in [0.25, 0.3) is 0 Å². The maximum Gasteiger partial charge on any atom is 0.134 e. The molecule has 0 aliphatic heterocycles. The fourth-order valence-corrected chi connectivity index (χ4v) is 2.12. The summed E-state index contributed by atoms with van der Waals surface area (Å²) < 4.78 is 1.13. The Labute approximate surface area is 79.9 Å². The molecule has 62 valence electrons. The third-order valence-corrected chi connectivity index (χ3v) is 3.02. The van der Waals surface area contributed by atoms with Crippen molar-refractivity contribution in [2.75, 3.05) is 0 Å². The number of ketones is 1. The highest BCUT2D eigenvalue weighted by molar-refractivity contribution is 9.10. The van der Waals surface area contributed by atoms with E-state index in [0.29, 0.717) is 11.7 Å². The molecule has 0 aromatic heterocycles. The Morgan fingerprint density at radius 2 is 1.92 bits per heavy atom. The number of hydrogen-bond donors (Lipinski definition) is 0. The van der Waals surface area contributed by atoms with Gasteiger partial charge in [0.05, 0.1) is 0 Å². The molecule has 1 saturated carbocycles. The lowest BCUT2D eigenvalue weighted by molar-refractivity contribution is -0.124. The van der Waals surface area contributed by atoms with Crippen LogP contribution in [0.2, 0.25) is 0 Å². The summed E-state index contributed by atoms with van der Waals surface area (Å²) in [4.78, 5) is 10.8. The molecule has 1 aliphatic carbocycles. The van der Waals surface area contributed by atoms with Crippen LogP contribution in [-0.4, -0.2) is 5.78 Å². The first-order valence-electron chi connectivity index (χ1n) is 4.03. The minimum Gasteiger partial charge on any atom is -0.300 e. The molecule has 0 spiro atoms. The van der Waals surface area contributed by atoms with Gasteiger partial charge in [-0.1, -0.05) is 34.1 Å². The van der Waals surface area contributed by atoms with Gasteiger partial charge in [-0.25, -0.2) is 0 Å². The molecule has 0 atom stereocenters. The molecule has 0 unspecified atom stereocenters. The third kappa shape index (κ3) is 1.31. The SMILES string of the molecule is O=C1CC(c2ccccc2Br)C1. The molecule has 0 radical (unpaired) electrons. The topological polar surface area (TPSA) is 17.1 Å². The van der Waals surface area contributed by atoms with Gasteiger partial charge in [-0.2, -0.15) is 0 Å². The number of halogens is 1. The quantitative estimate of drug-likeness (QED) is 0.718. The van der Waals surface area contributed by atoms with Crippen molar-refractivity contribution in [1.82, 2.24) is 0 Å². The second-order valence-electron chi connectivity index (χ2n) is 3.17. The van der Waals surface area contributed by atoms with Crippen molar-refractivity contribution < 1.29 is 4.79 Å². The molecule has 1 fully saturated rings. The van der Waals surface area contributed by atoms with Crippen molar-refractivity contribution in [3.8, 4) is 0 Å². The zero-order chi connectivity index (χ0) is 8.55. The standard InChI is InChI=1S/C10H9BrO/c11-10-4-2-1-3-9(10)7-5-8(12)6-7/h1-4,7H,5-6H2. The van der Waals surface area contributed by atoms with Gasteiger partial charge < -0.3 is 0 Å². The minimum atomic E-state index is 0.385. The second-order valence-corrected chi connectivity index (χ2v) is 4.02. The van der Waals surface area contributed by atoms with E-state index in [4.69, 9.17) is 0 Å². The zero-order valence-corrected chi connectivity index (χ0v) is 8.17. The lowest BCUT2D eigenvalue weighted by Gasteiger charge is -2.25. The van der Waals surface area contributed by atoms with Crippen LogP contribution in [0.4, 0.5) is 0 Å². The summed E-state index contributed by atoms with van der Waals surface area (Å²) in [7, 11) is 0. The Bertz CT molecular complexity index is 311. The molecule has 1 aliphatic rings. The summed E-state index contributed by atoms with van der Waals surface area (Å²) in [5.41, 5.74) is 1.28. The van der Waals surface area contributed by atoms with Crippen LogP contribution in [0.5, 0.6) is 0 Å². The maximum atomic E-state index is 10.8. The fraction of sp³-hybridized carbons (Fsp3) is 0.300. The Morgan fingerprint density at radius 1 is 1.25 bits per heavy atom. The highest BCUT2D eigenvalue weighted by Crippen LogP contribution is 2.37. The number of carbonyl (C=O) groups excluding carboxylic acids is 1. The summed E-state index contributed by atoms with van der Waals surface area (Å²) in [5.74, 6) is 0.851. The molecule has 2 rings (SSSR count). The lowest BCUT2D eigenvalue weighted by Crippen LogP contribution is -2.21. The summed E-state index contributed by atoms with van der Waals surface area (Å²) in [6.45, 7) is 0. The van der Waals surface area contributed by atoms with Gasteiger partial charge in [-0.15, -0.1) is 0 Å². The van der Waals surface area contributed by atoms with Gasteiger partial charge in [-0.05, 0) is 17.5 Å². The summed E-state index contributed by atoms with van der Waals surface area (Å²) >= 11 is 3.48. The Kier molecular flexibility index (Phi) is 2.01. The number of carbonyl (C=O) groups is 1. The second kappa shape index (κ2) is 3.02. The number of rotatable bonds is 1. The highest BCUT2D eigenvalue weighted by Gasteiger charge is 2.28. The summed E-state index contributed by atoms with van der Waals surface area (Å²) in [5, 5.41) is 0. The van der Waals surface area contributed by atoms with Crippen LogP contribution in [0.3, 0.4) is 0 Å². The van der Waals surface area contributed by atoms with Gasteiger partial charge >= 0.3 is 0 Å². The number of Topliss-reactive ketones (excluding diaryl/α,β-unsaturated/α-hetero) is 1. The molecule has 0 bridgehead atoms. The molecule has 1 nitrogen and oxygen atoms in total. The Hall–Kier alpha value is -0.630. The predicted octanol–water partition coefficient (Wildman–Crippen LogP) is 2.90. The first kappa shape index (κ1) is 7.99. The van der Waals surface area contributed by atoms with Gasteiger partial charge in [0.15, 0.2) is 0 Å². The molecule has 0 heterocycles. The highest BCUT2D eigenvalue weighted by atomic mass is 79.9. The maximum absolute atomic E-state index is 10.8. The van der Waals surface area contributed by atoms with Crippen molar-refractivity contribution in [2.24, 2.45) is 0 Å². The third-order valence-electron chi connectivity index (χ3n) is 2.29. The van der Waals surface area contributed by atoms with E-state index in [-0.39, 0.29) is 0 Å². The van der Waals surface area contributed by atoms with Crippen LogP contribution >= 0.6 is 15.9 Å². The van der Waals surface area contributed by atoms with Gasteiger partial charge in [0.2, 0.25) is 0 Å². The summed E-state index contributed by atoms with van der Waals surface area (Å²) in [6, 6.07) is 8.12. The normalized spacial score (nSPS) is 17.6. The van der Waals surface area contributed by atoms with Crippen molar-refractivity contribution in [1.29, 1.82) is 0 Å². The lowest BCUT2D eigenvalue weighted by atomic mass is 9.79. The number of benzene rings is 1. The molecule has 0 N–H and O–H groups in total. The van der Waals surface area contributed by atoms with E-state index in [2.05, 4.69) is 22.0 Å². The van der Waals surface area contributed by atoms with Crippen LogP contribution < -0.4 is 0 Å². The predicted molar refractivity (Wildman–Crippen MR) is 51.1 cm³/mol. The zero-order valence-electron chi connectivity index (χ0n) is 6.59. The van der Waals surface area contributed by atoms with Gasteiger partial charge in [-0.3, -0.25) is 4.79 Å². The van der Waals surface area contributed by atoms with E-state index in [0.717, 1.165) is 17.3 Å². The van der Waals surface area contributed by atoms with Crippen LogP contribution in [0, 0.1) is 0 Å². The molecule has 1 aromatic rings. The molecule has 1 aromatic carbocycles. The fourth-order valence-electron chi connectivity index (χ4n) is 1.52. The van der Waals surface area contributed by atoms with E-state index < -0.39 is 0 Å². The molecule has 0 saturated heterocycles. The molecule has 12 heavy (non-hydrogen) atoms. The van der Waals surface area contributed by atoms with Crippen LogP contribution in [0.1, 0.15) is 24.3 Å². The Morgan fingerprint density at radius 3 is 2.50 bits per heavy atom. The van der Waals surface area contributed by atoms with Crippen molar-refractivity contribution in [3.05, 3.63) is 34.3 Å². The largest absolute Gasteiger partial charge is 0.300 e. The van der Waals surface area contributed by atoms with Crippen molar-refractivity contribution >= 4 is 21.7 Å². The van der Waals surface area contributed by atoms with Crippen LogP contribution in [0.25, 0.3) is 0 Å². The average Bonchev–Trinajstić information content (AvgIpc) is 2.01. The summed E-state index contributed by atoms with van der Waals surface area (Å²) in [6.07, 6.45) is 1.45. The first-order chi connectivity index (χ1) is 5.77. The average molecular weight is 225 g/mol. The number of hydrogen-bond acceptors (Lipinski definition) is 1. The van der Waals surface area contributed by atoms with Gasteiger partial charge in [0.1, 0.15) is 5.78 Å². The van der Waals surface area contributed by atoms with Gasteiger partial charge in [0, 0.05) is 17.3 Å². The van der Waals surface area contributed by atoms with E-state index in [1.54, 1.807) is 0 Å². The van der Waals surface area contributed by atoms with E-state index in [9.17, 15) is 4.79 Å². The minimum absolute atomic E-state index is 0.385. The monoisotopic (exact) mass is 224 g/mol. The van der Waals surface area contributed by atoms with Crippen LogP contribution in [0.15, 0.2) is 28.7 Å². The molecular weight excluding hydrogens is 216 g/mol. The van der Waals surface area contributed by atoms with E-state index >= 15 is 0 Å². The molecule has 2 heteroatoms. The molecular formula is C10H9BrO. The molecule has 0 amide bonds. The van der Waals surface area contributed by atoms with E-state index in [1.165, 1.54) is 5.56 Å². The van der Waals surface area contributed by atoms with E-state index in [1.807, 2.05) is 18.2 Å². The van der Waals surface area contributed by atoms with Crippen molar-refractivity contribution in [3.63, 3.8) is 0 Å². The smallest absolute Gasteiger partial charge is 0.134 e. The van der Waals surface area contributed by atoms with Crippen LogP contribution in [-0.2, 0) is 4.79 Å².